The average Bonchev–Trinajstić information content (AvgIpc) is 0.794. The minimum Gasteiger partial charge on any atom is -0.394 e. The van der Waals surface area contributed by atoms with Crippen LogP contribution in [-0.2, 0) is 23.7 Å². The Bertz CT molecular complexity index is 1910. The lowest BCUT2D eigenvalue weighted by atomic mass is 9.97. The lowest BCUT2D eigenvalue weighted by Crippen LogP contribution is -2.65. The number of aliphatic hydroxyl groups is 8. The molecule has 2 fully saturated rings. The third-order valence-corrected chi connectivity index (χ3v) is 19.6. The molecule has 14 heteroatoms. The Kier molecular flexibility index (Phi) is 62.2. The highest BCUT2D eigenvalue weighted by Crippen LogP contribution is 2.30. The summed E-state index contributed by atoms with van der Waals surface area (Å²) in [5.41, 5.74) is 0. The van der Waals surface area contributed by atoms with Gasteiger partial charge < -0.3 is 65.1 Å². The summed E-state index contributed by atoms with van der Waals surface area (Å²) in [6, 6.07) is -0.919. The maximum absolute atomic E-state index is 13.4. The van der Waals surface area contributed by atoms with E-state index in [2.05, 4.69) is 79.9 Å². The molecule has 566 valence electrons. The Labute approximate surface area is 593 Å². The van der Waals surface area contributed by atoms with Crippen LogP contribution in [0.2, 0.25) is 0 Å². The van der Waals surface area contributed by atoms with Crippen LogP contribution in [0.25, 0.3) is 0 Å². The molecular weight excluding hydrogens is 1220 g/mol. The summed E-state index contributed by atoms with van der Waals surface area (Å²) >= 11 is 0. The van der Waals surface area contributed by atoms with Gasteiger partial charge in [-0.3, -0.25) is 4.79 Å². The van der Waals surface area contributed by atoms with Gasteiger partial charge in [-0.05, 0) is 64.2 Å². The number of allylic oxidation sites excluding steroid dienone is 11. The molecule has 0 aromatic carbocycles. The Morgan fingerprint density at radius 2 is 0.711 bits per heavy atom. The molecule has 0 radical (unpaired) electrons. The van der Waals surface area contributed by atoms with Crippen LogP contribution in [0.15, 0.2) is 72.9 Å². The zero-order valence-corrected chi connectivity index (χ0v) is 62.1. The molecule has 9 N–H and O–H groups in total. The molecule has 14 nitrogen and oxygen atoms in total. The number of amides is 1. The third kappa shape index (κ3) is 49.6. The van der Waals surface area contributed by atoms with Crippen molar-refractivity contribution in [1.29, 1.82) is 0 Å². The first-order valence-electron chi connectivity index (χ1n) is 40.7. The number of hydrogen-bond donors (Lipinski definition) is 9. The minimum absolute atomic E-state index is 0.235. The summed E-state index contributed by atoms with van der Waals surface area (Å²) < 4.78 is 22.9. The van der Waals surface area contributed by atoms with Crippen LogP contribution in [0, 0.1) is 0 Å². The molecule has 12 atom stereocenters. The van der Waals surface area contributed by atoms with Crippen LogP contribution in [0.5, 0.6) is 0 Å². The average molecular weight is 1370 g/mol. The van der Waals surface area contributed by atoms with E-state index in [4.69, 9.17) is 18.9 Å². The van der Waals surface area contributed by atoms with Gasteiger partial charge in [0.25, 0.3) is 0 Å². The third-order valence-electron chi connectivity index (χ3n) is 19.6. The lowest BCUT2D eigenvalue weighted by Gasteiger charge is -2.46. The van der Waals surface area contributed by atoms with E-state index in [1.165, 1.54) is 257 Å². The largest absolute Gasteiger partial charge is 0.394 e. The number of unbranched alkanes of at least 4 members (excludes halogenated alkanes) is 45. The van der Waals surface area contributed by atoms with Crippen molar-refractivity contribution in [2.45, 2.75) is 428 Å². The molecule has 97 heavy (non-hydrogen) atoms. The van der Waals surface area contributed by atoms with E-state index in [0.717, 1.165) is 70.6 Å². The molecule has 2 rings (SSSR count). The fourth-order valence-corrected chi connectivity index (χ4v) is 13.3. The SMILES string of the molecule is CC/C=C\C/C=C\C/C=C\C/C=C\C/C=C\CCCCCCCCCCCCCCCCCCCC(=O)NC(COC1OC(CO)C(OC2OC(CO)C(O)C(O)C2O)C(O)C1O)C(O)/C=C/CCCCCCCCCCCCCCCCCCCCCCCCCCCCCC. The fraction of sp³-hybridized carbons (Fsp3) is 0.843. The van der Waals surface area contributed by atoms with Crippen LogP contribution in [0.3, 0.4) is 0 Å². The van der Waals surface area contributed by atoms with E-state index in [1.807, 2.05) is 6.08 Å². The number of hydrogen-bond acceptors (Lipinski definition) is 13. The Hall–Kier alpha value is -2.57. The number of aliphatic hydroxyl groups excluding tert-OH is 8. The van der Waals surface area contributed by atoms with Gasteiger partial charge >= 0.3 is 0 Å². The molecular formula is C83H151NO13. The molecule has 0 aliphatic carbocycles. The molecule has 0 aromatic heterocycles. The molecule has 1 amide bonds. The van der Waals surface area contributed by atoms with Crippen LogP contribution < -0.4 is 5.32 Å². The van der Waals surface area contributed by atoms with Crippen molar-refractivity contribution in [1.82, 2.24) is 5.32 Å². The second-order valence-corrected chi connectivity index (χ2v) is 28.5. The van der Waals surface area contributed by atoms with Gasteiger partial charge in [-0.15, -0.1) is 0 Å². The smallest absolute Gasteiger partial charge is 0.220 e. The molecule has 2 aliphatic heterocycles. The zero-order valence-electron chi connectivity index (χ0n) is 62.1. The van der Waals surface area contributed by atoms with E-state index in [1.54, 1.807) is 6.08 Å². The first-order valence-corrected chi connectivity index (χ1v) is 40.7. The second kappa shape index (κ2) is 66.7. The number of nitrogens with one attached hydrogen (secondary N) is 1. The van der Waals surface area contributed by atoms with Gasteiger partial charge in [0.2, 0.25) is 5.91 Å². The van der Waals surface area contributed by atoms with Crippen molar-refractivity contribution in [2.24, 2.45) is 0 Å². The summed E-state index contributed by atoms with van der Waals surface area (Å²) in [5, 5.41) is 87.7. The molecule has 0 spiro atoms. The highest BCUT2D eigenvalue weighted by molar-refractivity contribution is 5.76. The predicted octanol–water partition coefficient (Wildman–Crippen LogP) is 18.5. The number of ether oxygens (including phenoxy) is 4. The highest BCUT2D eigenvalue weighted by atomic mass is 16.7. The predicted molar refractivity (Wildman–Crippen MR) is 401 cm³/mol. The zero-order chi connectivity index (χ0) is 70.1. The lowest BCUT2D eigenvalue weighted by molar-refractivity contribution is -0.359. The normalized spacial score (nSPS) is 22.5. The maximum Gasteiger partial charge on any atom is 0.220 e. The summed E-state index contributed by atoms with van der Waals surface area (Å²) in [6.07, 6.45) is 75.5. The van der Waals surface area contributed by atoms with Gasteiger partial charge in [-0.1, -0.05) is 356 Å². The van der Waals surface area contributed by atoms with E-state index >= 15 is 0 Å². The van der Waals surface area contributed by atoms with E-state index < -0.39 is 86.8 Å². The molecule has 0 bridgehead atoms. The molecule has 0 aromatic rings. The fourth-order valence-electron chi connectivity index (χ4n) is 13.3. The second-order valence-electron chi connectivity index (χ2n) is 28.5. The first kappa shape index (κ1) is 90.5. The van der Waals surface area contributed by atoms with Crippen molar-refractivity contribution >= 4 is 5.91 Å². The van der Waals surface area contributed by atoms with Crippen LogP contribution in [-0.4, -0.2) is 140 Å². The minimum atomic E-state index is -1.79. The summed E-state index contributed by atoms with van der Waals surface area (Å²) in [7, 11) is 0. The Morgan fingerprint density at radius 1 is 0.381 bits per heavy atom. The molecule has 0 saturated carbocycles. The highest BCUT2D eigenvalue weighted by Gasteiger charge is 2.51. The maximum atomic E-state index is 13.4. The van der Waals surface area contributed by atoms with Crippen molar-refractivity contribution in [3.05, 3.63) is 72.9 Å². The van der Waals surface area contributed by atoms with Crippen molar-refractivity contribution in [2.75, 3.05) is 19.8 Å². The van der Waals surface area contributed by atoms with Gasteiger partial charge in [0.15, 0.2) is 12.6 Å². The van der Waals surface area contributed by atoms with Gasteiger partial charge in [-0.2, -0.15) is 0 Å². The van der Waals surface area contributed by atoms with Gasteiger partial charge in [0.1, 0.15) is 48.8 Å². The van der Waals surface area contributed by atoms with Crippen molar-refractivity contribution < 1.29 is 64.6 Å². The van der Waals surface area contributed by atoms with Crippen molar-refractivity contribution in [3.63, 3.8) is 0 Å². The van der Waals surface area contributed by atoms with E-state index in [0.29, 0.717) is 6.42 Å². The molecule has 12 unspecified atom stereocenters. The Morgan fingerprint density at radius 3 is 1.09 bits per heavy atom. The van der Waals surface area contributed by atoms with Crippen LogP contribution in [0.1, 0.15) is 354 Å². The number of rotatable bonds is 68. The number of carbonyl (C=O) groups is 1. The quantitative estimate of drug-likeness (QED) is 0.0204. The van der Waals surface area contributed by atoms with Gasteiger partial charge in [-0.25, -0.2) is 0 Å². The molecule has 2 heterocycles. The first-order chi connectivity index (χ1) is 47.6. The topological polar surface area (TPSA) is 228 Å². The monoisotopic (exact) mass is 1370 g/mol. The Balaban J connectivity index is 1.61. The van der Waals surface area contributed by atoms with Crippen molar-refractivity contribution in [3.8, 4) is 0 Å². The van der Waals surface area contributed by atoms with E-state index in [9.17, 15) is 45.6 Å². The summed E-state index contributed by atoms with van der Waals surface area (Å²) in [6.45, 7) is 2.74. The molecule has 2 saturated heterocycles. The standard InChI is InChI=1S/C83H151NO13/c1-3-5-7-9-11-13-15-17-19-21-23-25-27-29-31-33-35-36-37-39-41-43-45-47-49-51-53-55-57-59-61-63-65-67-75(88)84-71(70-94-82-80(93)78(91)81(74(69-86)96-82)97-83-79(92)77(90)76(89)73(68-85)95-83)72(87)66-64-62-60-58-56-54-52-50-48-46-44-42-40-38-34-32-30-28-26-24-22-20-18-16-14-12-10-8-6-4-2/h5,7,11,13,17,19,23,25,29,31,64,66,71-74,76-83,85-87,89-93H,3-4,6,8-10,12,14-16,18,20-22,24,26-28,30,32-63,65,67-70H2,1-2H3,(H,84,88)/b7-5-,13-11-,19-17-,25-23-,31-29-,66-64+. The summed E-state index contributed by atoms with van der Waals surface area (Å²) in [4.78, 5) is 13.4. The number of carbonyl (C=O) groups excluding carboxylic acids is 1. The van der Waals surface area contributed by atoms with Crippen LogP contribution >= 0.6 is 0 Å². The van der Waals surface area contributed by atoms with E-state index in [-0.39, 0.29) is 18.9 Å². The summed E-state index contributed by atoms with van der Waals surface area (Å²) in [5.74, 6) is -0.235. The van der Waals surface area contributed by atoms with Crippen LogP contribution in [0.4, 0.5) is 0 Å². The van der Waals surface area contributed by atoms with Gasteiger partial charge in [0.05, 0.1) is 32.0 Å². The van der Waals surface area contributed by atoms with Gasteiger partial charge in [0, 0.05) is 6.42 Å². The molecule has 2 aliphatic rings.